The van der Waals surface area contributed by atoms with Gasteiger partial charge in [0, 0.05) is 41.7 Å². The fraction of sp³-hybridized carbons (Fsp3) is 0.500. The molecule has 1 unspecified atom stereocenters. The molecule has 0 bridgehead atoms. The highest BCUT2D eigenvalue weighted by Crippen LogP contribution is 2.48. The van der Waals surface area contributed by atoms with Crippen molar-refractivity contribution in [2.45, 2.75) is 46.1 Å². The molecule has 4 heterocycles. The van der Waals surface area contributed by atoms with Crippen molar-refractivity contribution >= 4 is 22.3 Å². The van der Waals surface area contributed by atoms with E-state index in [2.05, 4.69) is 5.16 Å². The van der Waals surface area contributed by atoms with Crippen LogP contribution in [0, 0.1) is 25.7 Å². The number of ether oxygens (including phenoxy) is 3. The number of hydrogen-bond acceptors (Lipinski definition) is 7. The molecule has 1 aromatic carbocycles. The molecule has 2 atom stereocenters. The summed E-state index contributed by atoms with van der Waals surface area (Å²) in [6.45, 7) is 4.16. The summed E-state index contributed by atoms with van der Waals surface area (Å²) in [4.78, 5) is 9.72. The molecule has 0 amide bonds. The first kappa shape index (κ1) is 23.8. The minimum Gasteiger partial charge on any atom is -0.496 e. The summed E-state index contributed by atoms with van der Waals surface area (Å²) in [5.41, 5.74) is 6.04. The molecular formula is C26H29F2N3O4. The molecule has 2 aliphatic heterocycles. The minimum absolute atomic E-state index is 0.0673. The Kier molecular flexibility index (Phi) is 6.55. The van der Waals surface area contributed by atoms with Gasteiger partial charge in [0.1, 0.15) is 11.5 Å². The van der Waals surface area contributed by atoms with Crippen LogP contribution in [0.5, 0.6) is 5.75 Å². The number of halogens is 2. The van der Waals surface area contributed by atoms with Gasteiger partial charge >= 0.3 is 6.61 Å². The first-order chi connectivity index (χ1) is 16.9. The lowest BCUT2D eigenvalue weighted by molar-refractivity contribution is -0.137. The maximum absolute atomic E-state index is 12.9. The second-order valence-corrected chi connectivity index (χ2v) is 9.30. The molecule has 186 valence electrons. The zero-order valence-corrected chi connectivity index (χ0v) is 20.3. The van der Waals surface area contributed by atoms with Crippen molar-refractivity contribution in [1.29, 1.82) is 0 Å². The fourth-order valence-electron chi connectivity index (χ4n) is 5.47. The van der Waals surface area contributed by atoms with Crippen molar-refractivity contribution in [2.24, 2.45) is 16.8 Å². The van der Waals surface area contributed by atoms with Gasteiger partial charge in [0.05, 0.1) is 42.4 Å². The summed E-state index contributed by atoms with van der Waals surface area (Å²) >= 11 is 0. The summed E-state index contributed by atoms with van der Waals surface area (Å²) in [7, 11) is 1.62. The highest BCUT2D eigenvalue weighted by atomic mass is 19.3. The Hall–Kier alpha value is -2.91. The van der Waals surface area contributed by atoms with Gasteiger partial charge < -0.3 is 18.7 Å². The Balaban J connectivity index is 1.65. The molecular weight excluding hydrogens is 456 g/mol. The lowest BCUT2D eigenvalue weighted by Crippen LogP contribution is -2.31. The molecule has 1 saturated heterocycles. The number of aromatic nitrogens is 2. The number of methoxy groups -OCH3 is 1. The van der Waals surface area contributed by atoms with Crippen molar-refractivity contribution in [2.75, 3.05) is 26.9 Å². The number of alkyl halides is 2. The van der Waals surface area contributed by atoms with Gasteiger partial charge in [-0.25, -0.2) is 0 Å². The first-order valence-electron chi connectivity index (χ1n) is 11.9. The van der Waals surface area contributed by atoms with E-state index in [0.717, 1.165) is 57.5 Å². The second kappa shape index (κ2) is 9.62. The SMILES string of the molecule is COc1cc2c3c(cnc2cc1-c1c(C)noc1C)N=C(C1CCOCC1)C3[C@@H](C)COC(F)F. The van der Waals surface area contributed by atoms with Gasteiger partial charge in [-0.15, -0.1) is 0 Å². The van der Waals surface area contributed by atoms with Gasteiger partial charge in [-0.1, -0.05) is 12.1 Å². The van der Waals surface area contributed by atoms with Crippen molar-refractivity contribution in [1.82, 2.24) is 10.1 Å². The number of benzene rings is 1. The highest BCUT2D eigenvalue weighted by Gasteiger charge is 2.38. The van der Waals surface area contributed by atoms with Gasteiger partial charge in [0.25, 0.3) is 0 Å². The van der Waals surface area contributed by atoms with Crippen LogP contribution in [0.1, 0.15) is 42.7 Å². The zero-order valence-electron chi connectivity index (χ0n) is 20.3. The Labute approximate surface area is 202 Å². The van der Waals surface area contributed by atoms with E-state index in [0.29, 0.717) is 24.7 Å². The maximum atomic E-state index is 12.9. The predicted molar refractivity (Wildman–Crippen MR) is 128 cm³/mol. The van der Waals surface area contributed by atoms with Crippen LogP contribution in [0.15, 0.2) is 27.8 Å². The summed E-state index contributed by atoms with van der Waals surface area (Å²) in [6.07, 6.45) is 3.49. The summed E-state index contributed by atoms with van der Waals surface area (Å²) in [6, 6.07) is 3.95. The molecule has 35 heavy (non-hydrogen) atoms. The Morgan fingerprint density at radius 3 is 2.60 bits per heavy atom. The van der Waals surface area contributed by atoms with Gasteiger partial charge in [-0.05, 0) is 50.3 Å². The van der Waals surface area contributed by atoms with E-state index < -0.39 is 6.61 Å². The third-order valence-electron chi connectivity index (χ3n) is 7.09. The summed E-state index contributed by atoms with van der Waals surface area (Å²) < 4.78 is 47.3. The van der Waals surface area contributed by atoms with Crippen LogP contribution < -0.4 is 4.74 Å². The van der Waals surface area contributed by atoms with E-state index in [1.807, 2.05) is 32.9 Å². The standard InChI is InChI=1S/C26H29F2N3O4/c1-13(12-34-26(27)28)22-24-17-10-21(32-4)18(23-14(2)31-35-15(23)3)9-19(17)29-11-20(24)30-25(22)16-5-7-33-8-6-16/h9-11,13,16,22,26H,5-8,12H2,1-4H3/t13-,22?/m0/s1. The molecule has 0 saturated carbocycles. The third kappa shape index (κ3) is 4.31. The average molecular weight is 486 g/mol. The van der Waals surface area contributed by atoms with Gasteiger partial charge in [0.15, 0.2) is 0 Å². The van der Waals surface area contributed by atoms with Gasteiger partial charge in [0.2, 0.25) is 0 Å². The zero-order chi connectivity index (χ0) is 24.7. The molecule has 2 aromatic heterocycles. The van der Waals surface area contributed by atoms with Crippen molar-refractivity contribution in [3.8, 4) is 16.9 Å². The molecule has 0 aliphatic carbocycles. The topological polar surface area (TPSA) is 79.0 Å². The Morgan fingerprint density at radius 2 is 1.94 bits per heavy atom. The monoisotopic (exact) mass is 485 g/mol. The van der Waals surface area contributed by atoms with Gasteiger partial charge in [-0.2, -0.15) is 8.78 Å². The highest BCUT2D eigenvalue weighted by molar-refractivity contribution is 6.06. The normalized spacial score (nSPS) is 19.3. The largest absolute Gasteiger partial charge is 0.496 e. The van der Waals surface area contributed by atoms with E-state index >= 15 is 0 Å². The third-order valence-corrected chi connectivity index (χ3v) is 7.09. The number of aryl methyl sites for hydroxylation is 2. The predicted octanol–water partition coefficient (Wildman–Crippen LogP) is 5.99. The number of pyridine rings is 1. The Bertz CT molecular complexity index is 1250. The second-order valence-electron chi connectivity index (χ2n) is 9.30. The summed E-state index contributed by atoms with van der Waals surface area (Å²) in [5, 5.41) is 4.98. The van der Waals surface area contributed by atoms with Gasteiger partial charge in [-0.3, -0.25) is 9.98 Å². The fourth-order valence-corrected chi connectivity index (χ4v) is 5.47. The number of rotatable bonds is 7. The summed E-state index contributed by atoms with van der Waals surface area (Å²) in [5.74, 6) is 1.23. The number of nitrogens with zero attached hydrogens (tertiary/aromatic N) is 3. The van der Waals surface area contributed by atoms with Crippen LogP contribution in [0.2, 0.25) is 0 Å². The molecule has 7 nitrogen and oxygen atoms in total. The molecule has 0 N–H and O–H groups in total. The van der Waals surface area contributed by atoms with E-state index in [-0.39, 0.29) is 24.4 Å². The van der Waals surface area contributed by atoms with E-state index in [4.69, 9.17) is 28.7 Å². The molecule has 2 aliphatic rings. The quantitative estimate of drug-likeness (QED) is 0.409. The Morgan fingerprint density at radius 1 is 1.17 bits per heavy atom. The van der Waals surface area contributed by atoms with E-state index in [1.165, 1.54) is 0 Å². The smallest absolute Gasteiger partial charge is 0.345 e. The van der Waals surface area contributed by atoms with Crippen LogP contribution in [0.3, 0.4) is 0 Å². The molecule has 0 spiro atoms. The lowest BCUT2D eigenvalue weighted by Gasteiger charge is -2.30. The average Bonchev–Trinajstić information content (AvgIpc) is 3.42. The number of aliphatic imine (C=N–C) groups is 1. The molecule has 5 rings (SSSR count). The van der Waals surface area contributed by atoms with E-state index in [9.17, 15) is 8.78 Å². The van der Waals surface area contributed by atoms with Crippen molar-refractivity contribution < 1.29 is 27.5 Å². The number of hydrogen-bond donors (Lipinski definition) is 0. The van der Waals surface area contributed by atoms with Crippen LogP contribution in [0.4, 0.5) is 14.5 Å². The number of fused-ring (bicyclic) bond motifs is 3. The first-order valence-corrected chi connectivity index (χ1v) is 11.9. The van der Waals surface area contributed by atoms with E-state index in [1.54, 1.807) is 13.3 Å². The van der Waals surface area contributed by atoms with Crippen molar-refractivity contribution in [3.63, 3.8) is 0 Å². The van der Waals surface area contributed by atoms with Crippen LogP contribution in [0.25, 0.3) is 22.0 Å². The molecule has 1 fully saturated rings. The maximum Gasteiger partial charge on any atom is 0.345 e. The van der Waals surface area contributed by atoms with Crippen molar-refractivity contribution in [3.05, 3.63) is 35.3 Å². The van der Waals surface area contributed by atoms with Crippen LogP contribution in [-0.2, 0) is 9.47 Å². The molecule has 9 heteroatoms. The van der Waals surface area contributed by atoms with Crippen LogP contribution >= 0.6 is 0 Å². The lowest BCUT2D eigenvalue weighted by atomic mass is 9.77. The molecule has 3 aromatic rings. The minimum atomic E-state index is -2.81. The molecule has 0 radical (unpaired) electrons. The van der Waals surface area contributed by atoms with Crippen LogP contribution in [-0.4, -0.2) is 49.4 Å².